The summed E-state index contributed by atoms with van der Waals surface area (Å²) >= 11 is 0. The molecule has 1 aliphatic heterocycles. The topological polar surface area (TPSA) is 51.1 Å². The summed E-state index contributed by atoms with van der Waals surface area (Å²) in [5.74, 6) is -0.704. The number of halogens is 2. The van der Waals surface area contributed by atoms with E-state index in [4.69, 9.17) is 9.57 Å². The molecule has 0 radical (unpaired) electrons. The Kier molecular flexibility index (Phi) is 6.49. The van der Waals surface area contributed by atoms with Gasteiger partial charge in [0.1, 0.15) is 17.4 Å². The highest BCUT2D eigenvalue weighted by Gasteiger charge is 2.46. The Morgan fingerprint density at radius 3 is 2.63 bits per heavy atom. The van der Waals surface area contributed by atoms with E-state index in [1.807, 2.05) is 54.6 Å². The summed E-state index contributed by atoms with van der Waals surface area (Å²) < 4.78 is 33.4. The van der Waals surface area contributed by atoms with Gasteiger partial charge in [-0.25, -0.2) is 8.78 Å². The first-order valence-corrected chi connectivity index (χ1v) is 11.7. The van der Waals surface area contributed by atoms with Crippen LogP contribution in [0.1, 0.15) is 35.4 Å². The molecular formula is C28H26F2N2O3. The summed E-state index contributed by atoms with van der Waals surface area (Å²) in [5.41, 5.74) is 2.96. The van der Waals surface area contributed by atoms with Crippen molar-refractivity contribution in [1.29, 1.82) is 0 Å². The van der Waals surface area contributed by atoms with E-state index in [1.54, 1.807) is 12.0 Å². The Labute approximate surface area is 203 Å². The van der Waals surface area contributed by atoms with E-state index >= 15 is 0 Å². The maximum atomic E-state index is 14.5. The lowest BCUT2D eigenvalue weighted by molar-refractivity contribution is -0.135. The largest absolute Gasteiger partial charge is 0.496 e. The first-order chi connectivity index (χ1) is 17.0. The molecule has 5 nitrogen and oxygen atoms in total. The van der Waals surface area contributed by atoms with E-state index in [2.05, 4.69) is 5.16 Å². The zero-order chi connectivity index (χ0) is 24.4. The highest BCUT2D eigenvalue weighted by molar-refractivity contribution is 6.03. The van der Waals surface area contributed by atoms with E-state index in [-0.39, 0.29) is 42.5 Å². The fourth-order valence-electron chi connectivity index (χ4n) is 4.67. The molecular weight excluding hydrogens is 450 g/mol. The minimum Gasteiger partial charge on any atom is -0.496 e. The quantitative estimate of drug-likeness (QED) is 0.443. The minimum absolute atomic E-state index is 0.0345. The molecule has 7 heteroatoms. The molecule has 5 rings (SSSR count). The molecule has 0 N–H and O–H groups in total. The molecule has 3 atom stereocenters. The summed E-state index contributed by atoms with van der Waals surface area (Å²) in [6, 6.07) is 20.9. The molecule has 180 valence electrons. The van der Waals surface area contributed by atoms with Crippen LogP contribution >= 0.6 is 0 Å². The molecule has 0 bridgehead atoms. The van der Waals surface area contributed by atoms with Crippen molar-refractivity contribution in [2.45, 2.75) is 31.4 Å². The van der Waals surface area contributed by atoms with Gasteiger partial charge in [0.25, 0.3) is 0 Å². The number of benzene rings is 3. The van der Waals surface area contributed by atoms with E-state index in [0.717, 1.165) is 29.3 Å². The molecule has 1 fully saturated rings. The number of para-hydroxylation sites is 1. The van der Waals surface area contributed by atoms with E-state index in [0.29, 0.717) is 12.2 Å². The number of hydrogen-bond acceptors (Lipinski definition) is 4. The van der Waals surface area contributed by atoms with Crippen molar-refractivity contribution in [2.75, 3.05) is 13.7 Å². The number of ether oxygens (including phenoxy) is 1. The van der Waals surface area contributed by atoms with Gasteiger partial charge in [-0.15, -0.1) is 0 Å². The summed E-state index contributed by atoms with van der Waals surface area (Å²) in [6.07, 6.45) is 0.860. The van der Waals surface area contributed by atoms with Gasteiger partial charge in [-0.05, 0) is 36.1 Å². The van der Waals surface area contributed by atoms with Crippen molar-refractivity contribution < 1.29 is 23.1 Å². The summed E-state index contributed by atoms with van der Waals surface area (Å²) in [6.45, 7) is 0.280. The van der Waals surface area contributed by atoms with E-state index in [1.165, 1.54) is 12.1 Å². The lowest BCUT2D eigenvalue weighted by Crippen LogP contribution is -2.38. The number of amides is 1. The standard InChI is InChI=1S/C28H26F2N2O3/c1-34-27-10-6-5-9-22(27)26-14-21(35-31-26)17-32(16-19-11-12-20(29)13-25(19)30)28(33)24-15-23(24)18-7-3-2-4-8-18/h2-13,21,23-24H,14-17H2,1H3/t21-,23+,24-/m1/s1. The molecule has 0 aromatic heterocycles. The van der Waals surface area contributed by atoms with Crippen LogP contribution in [-0.2, 0) is 16.2 Å². The van der Waals surface area contributed by atoms with Gasteiger partial charge >= 0.3 is 0 Å². The number of carbonyl (C=O) groups is 1. The van der Waals surface area contributed by atoms with Gasteiger partial charge in [0.05, 0.1) is 19.4 Å². The van der Waals surface area contributed by atoms with Crippen LogP contribution in [0.2, 0.25) is 0 Å². The first-order valence-electron chi connectivity index (χ1n) is 11.7. The molecule has 1 amide bonds. The third kappa shape index (κ3) is 5.04. The Balaban J connectivity index is 1.32. The predicted molar refractivity (Wildman–Crippen MR) is 128 cm³/mol. The Hall–Kier alpha value is -3.74. The van der Waals surface area contributed by atoms with Crippen LogP contribution in [0, 0.1) is 17.6 Å². The number of rotatable bonds is 8. The first kappa shape index (κ1) is 23.0. The van der Waals surface area contributed by atoms with Crippen molar-refractivity contribution in [3.05, 3.63) is 101 Å². The minimum atomic E-state index is -0.670. The van der Waals surface area contributed by atoms with Crippen molar-refractivity contribution >= 4 is 11.6 Å². The summed E-state index contributed by atoms with van der Waals surface area (Å²) in [4.78, 5) is 20.8. The summed E-state index contributed by atoms with van der Waals surface area (Å²) in [5, 5.41) is 4.24. The van der Waals surface area contributed by atoms with Gasteiger partial charge in [-0.1, -0.05) is 53.7 Å². The van der Waals surface area contributed by atoms with Crippen LogP contribution < -0.4 is 4.74 Å². The van der Waals surface area contributed by atoms with E-state index in [9.17, 15) is 13.6 Å². The highest BCUT2D eigenvalue weighted by Crippen LogP contribution is 2.48. The number of methoxy groups -OCH3 is 1. The van der Waals surface area contributed by atoms with Crippen molar-refractivity contribution in [3.8, 4) is 5.75 Å². The van der Waals surface area contributed by atoms with Crippen LogP contribution in [0.3, 0.4) is 0 Å². The molecule has 0 unspecified atom stereocenters. The Morgan fingerprint density at radius 1 is 1.09 bits per heavy atom. The van der Waals surface area contributed by atoms with Crippen LogP contribution in [0.5, 0.6) is 5.75 Å². The monoisotopic (exact) mass is 476 g/mol. The second-order valence-electron chi connectivity index (χ2n) is 8.98. The van der Waals surface area contributed by atoms with Crippen molar-refractivity contribution in [1.82, 2.24) is 4.90 Å². The highest BCUT2D eigenvalue weighted by atomic mass is 19.1. The molecule has 1 saturated carbocycles. The average molecular weight is 477 g/mol. The third-order valence-electron chi connectivity index (χ3n) is 6.60. The molecule has 3 aromatic carbocycles. The zero-order valence-electron chi connectivity index (χ0n) is 19.4. The second kappa shape index (κ2) is 9.86. The van der Waals surface area contributed by atoms with Crippen LogP contribution in [0.4, 0.5) is 8.78 Å². The van der Waals surface area contributed by atoms with Gasteiger partial charge in [-0.2, -0.15) is 0 Å². The Bertz CT molecular complexity index is 1250. The van der Waals surface area contributed by atoms with Crippen molar-refractivity contribution in [3.63, 3.8) is 0 Å². The SMILES string of the molecule is COc1ccccc1C1=NO[C@@H](CN(Cc2ccc(F)cc2F)C(=O)[C@@H]2C[C@H]2c2ccccc2)C1. The van der Waals surface area contributed by atoms with Crippen LogP contribution in [0.25, 0.3) is 0 Å². The molecule has 1 heterocycles. The predicted octanol–water partition coefficient (Wildman–Crippen LogP) is 5.30. The average Bonchev–Trinajstić information content (AvgIpc) is 3.55. The van der Waals surface area contributed by atoms with Crippen LogP contribution in [-0.4, -0.2) is 36.3 Å². The number of hydrogen-bond donors (Lipinski definition) is 0. The van der Waals surface area contributed by atoms with Gasteiger partial charge < -0.3 is 14.5 Å². The van der Waals surface area contributed by atoms with E-state index < -0.39 is 11.6 Å². The number of oxime groups is 1. The molecule has 3 aromatic rings. The van der Waals surface area contributed by atoms with Gasteiger partial charge in [0, 0.05) is 36.1 Å². The normalized spacial score (nSPS) is 20.7. The van der Waals surface area contributed by atoms with Gasteiger partial charge in [0.15, 0.2) is 6.10 Å². The molecule has 2 aliphatic rings. The maximum Gasteiger partial charge on any atom is 0.226 e. The lowest BCUT2D eigenvalue weighted by Gasteiger charge is -2.25. The van der Waals surface area contributed by atoms with Crippen molar-refractivity contribution in [2.24, 2.45) is 11.1 Å². The maximum absolute atomic E-state index is 14.5. The fraction of sp³-hybridized carbons (Fsp3) is 0.286. The number of carbonyl (C=O) groups excluding carboxylic acids is 1. The molecule has 0 saturated heterocycles. The zero-order valence-corrected chi connectivity index (χ0v) is 19.4. The van der Waals surface area contributed by atoms with Gasteiger partial charge in [0.2, 0.25) is 5.91 Å². The molecule has 0 spiro atoms. The number of nitrogens with zero attached hydrogens (tertiary/aromatic N) is 2. The molecule has 1 aliphatic carbocycles. The Morgan fingerprint density at radius 2 is 1.86 bits per heavy atom. The van der Waals surface area contributed by atoms with Crippen LogP contribution in [0.15, 0.2) is 78.0 Å². The molecule has 35 heavy (non-hydrogen) atoms. The van der Waals surface area contributed by atoms with Gasteiger partial charge in [-0.3, -0.25) is 4.79 Å². The third-order valence-corrected chi connectivity index (χ3v) is 6.60. The lowest BCUT2D eigenvalue weighted by atomic mass is 10.0. The summed E-state index contributed by atoms with van der Waals surface area (Å²) in [7, 11) is 1.60. The smallest absolute Gasteiger partial charge is 0.226 e. The fourth-order valence-corrected chi connectivity index (χ4v) is 4.67. The second-order valence-corrected chi connectivity index (χ2v) is 8.98.